The summed E-state index contributed by atoms with van der Waals surface area (Å²) in [5.74, 6) is 0. The number of fused-ring (bicyclic) bond motifs is 1. The van der Waals surface area contributed by atoms with Gasteiger partial charge in [0, 0.05) is 25.0 Å². The fourth-order valence-electron chi connectivity index (χ4n) is 3.24. The van der Waals surface area contributed by atoms with Gasteiger partial charge in [-0.2, -0.15) is 5.10 Å². The topological polar surface area (TPSA) is 41.3 Å². The molecule has 1 unspecified atom stereocenters. The maximum absolute atomic E-state index is 10.2. The van der Waals surface area contributed by atoms with Crippen molar-refractivity contribution in [2.24, 2.45) is 0 Å². The normalized spacial score (nSPS) is 24.3. The molecule has 1 fully saturated rings. The molecule has 4 nitrogen and oxygen atoms in total. The van der Waals surface area contributed by atoms with E-state index in [0.717, 1.165) is 51.1 Å². The van der Waals surface area contributed by atoms with E-state index in [-0.39, 0.29) is 0 Å². The number of rotatable bonds is 3. The minimum Gasteiger partial charge on any atom is -0.390 e. The van der Waals surface area contributed by atoms with Crippen LogP contribution in [0.1, 0.15) is 38.8 Å². The number of aryl methyl sites for hydroxylation is 1. The number of hydrogen-bond donors (Lipinski definition) is 1. The second-order valence-electron chi connectivity index (χ2n) is 6.41. The molecule has 2 heterocycles. The third-order valence-electron chi connectivity index (χ3n) is 4.56. The summed E-state index contributed by atoms with van der Waals surface area (Å²) in [5.41, 5.74) is 1.88. The first-order valence-electron chi connectivity index (χ1n) is 7.98. The third kappa shape index (κ3) is 3.11. The Balaban J connectivity index is 1.82. The van der Waals surface area contributed by atoms with E-state index in [1.54, 1.807) is 0 Å². The molecule has 21 heavy (non-hydrogen) atoms. The summed E-state index contributed by atoms with van der Waals surface area (Å²) in [6.07, 6.45) is 2.80. The van der Waals surface area contributed by atoms with Crippen molar-refractivity contribution in [3.63, 3.8) is 0 Å². The molecule has 0 bridgehead atoms. The van der Waals surface area contributed by atoms with E-state index in [1.807, 2.05) is 6.92 Å². The van der Waals surface area contributed by atoms with Crippen LogP contribution in [0.4, 0.5) is 0 Å². The molecular formula is C17H25N3O. The molecule has 1 aliphatic heterocycles. The minimum absolute atomic E-state index is 0.500. The number of nitrogens with zero attached hydrogens (tertiary/aromatic N) is 3. The van der Waals surface area contributed by atoms with E-state index in [2.05, 4.69) is 40.8 Å². The molecule has 0 amide bonds. The molecule has 0 saturated carbocycles. The lowest BCUT2D eigenvalue weighted by atomic mass is 9.98. The van der Waals surface area contributed by atoms with Crippen LogP contribution >= 0.6 is 0 Å². The van der Waals surface area contributed by atoms with Crippen LogP contribution in [0, 0.1) is 0 Å². The largest absolute Gasteiger partial charge is 0.390 e. The maximum Gasteiger partial charge on any atom is 0.0843 e. The Morgan fingerprint density at radius 2 is 2.05 bits per heavy atom. The van der Waals surface area contributed by atoms with E-state index >= 15 is 0 Å². The average molecular weight is 287 g/mol. The number of aromatic nitrogens is 2. The molecule has 4 heteroatoms. The fourth-order valence-corrected chi connectivity index (χ4v) is 3.24. The first kappa shape index (κ1) is 14.5. The van der Waals surface area contributed by atoms with Crippen molar-refractivity contribution in [1.82, 2.24) is 14.7 Å². The molecule has 0 aliphatic carbocycles. The lowest BCUT2D eigenvalue weighted by molar-refractivity contribution is 0.0444. The predicted molar refractivity (Wildman–Crippen MR) is 85.2 cm³/mol. The van der Waals surface area contributed by atoms with Gasteiger partial charge in [-0.15, -0.1) is 0 Å². The van der Waals surface area contributed by atoms with Crippen molar-refractivity contribution in [3.05, 3.63) is 30.0 Å². The van der Waals surface area contributed by atoms with E-state index < -0.39 is 5.60 Å². The van der Waals surface area contributed by atoms with Gasteiger partial charge in [0.05, 0.1) is 16.8 Å². The highest BCUT2D eigenvalue weighted by atomic mass is 16.3. The number of para-hydroxylation sites is 1. The molecule has 1 aromatic carbocycles. The van der Waals surface area contributed by atoms with Gasteiger partial charge < -0.3 is 5.11 Å². The Morgan fingerprint density at radius 1 is 1.24 bits per heavy atom. The SMILES string of the molecule is CCn1nc(CN2CCCC(C)(O)CC2)c2ccccc21. The van der Waals surface area contributed by atoms with Crippen molar-refractivity contribution in [1.29, 1.82) is 0 Å². The van der Waals surface area contributed by atoms with Gasteiger partial charge in [-0.05, 0) is 45.7 Å². The lowest BCUT2D eigenvalue weighted by Crippen LogP contribution is -2.28. The third-order valence-corrected chi connectivity index (χ3v) is 4.56. The van der Waals surface area contributed by atoms with Crippen LogP contribution in [0.5, 0.6) is 0 Å². The number of hydrogen-bond acceptors (Lipinski definition) is 3. The van der Waals surface area contributed by atoms with Gasteiger partial charge in [-0.3, -0.25) is 9.58 Å². The summed E-state index contributed by atoms with van der Waals surface area (Å²) in [4.78, 5) is 2.43. The molecule has 0 radical (unpaired) electrons. The number of benzene rings is 1. The Labute approximate surface area is 126 Å². The number of aliphatic hydroxyl groups is 1. The highest BCUT2D eigenvalue weighted by molar-refractivity contribution is 5.81. The molecule has 1 atom stereocenters. The van der Waals surface area contributed by atoms with Gasteiger partial charge >= 0.3 is 0 Å². The first-order chi connectivity index (χ1) is 10.1. The smallest absolute Gasteiger partial charge is 0.0843 e. The summed E-state index contributed by atoms with van der Waals surface area (Å²) in [6, 6.07) is 8.46. The first-order valence-corrected chi connectivity index (χ1v) is 7.98. The molecule has 1 aliphatic rings. The number of likely N-dealkylation sites (tertiary alicyclic amines) is 1. The van der Waals surface area contributed by atoms with Gasteiger partial charge in [0.25, 0.3) is 0 Å². The second kappa shape index (κ2) is 5.78. The molecule has 1 saturated heterocycles. The van der Waals surface area contributed by atoms with Crippen LogP contribution < -0.4 is 0 Å². The molecule has 3 rings (SSSR count). The molecule has 2 aromatic rings. The second-order valence-corrected chi connectivity index (χ2v) is 6.41. The van der Waals surface area contributed by atoms with Crippen LogP contribution in [-0.2, 0) is 13.1 Å². The maximum atomic E-state index is 10.2. The average Bonchev–Trinajstić information content (AvgIpc) is 2.73. The summed E-state index contributed by atoms with van der Waals surface area (Å²) < 4.78 is 2.08. The summed E-state index contributed by atoms with van der Waals surface area (Å²) in [6.45, 7) is 7.85. The quantitative estimate of drug-likeness (QED) is 0.944. The van der Waals surface area contributed by atoms with Gasteiger partial charge in [0.1, 0.15) is 0 Å². The monoisotopic (exact) mass is 287 g/mol. The van der Waals surface area contributed by atoms with E-state index in [4.69, 9.17) is 5.10 Å². The Kier molecular flexibility index (Phi) is 4.00. The predicted octanol–water partition coefficient (Wildman–Crippen LogP) is 2.79. The van der Waals surface area contributed by atoms with E-state index in [9.17, 15) is 5.11 Å². The van der Waals surface area contributed by atoms with Crippen molar-refractivity contribution < 1.29 is 5.11 Å². The van der Waals surface area contributed by atoms with Crippen LogP contribution in [0.25, 0.3) is 10.9 Å². The van der Waals surface area contributed by atoms with Gasteiger partial charge in [0.15, 0.2) is 0 Å². The zero-order valence-corrected chi connectivity index (χ0v) is 13.0. The molecule has 114 valence electrons. The highest BCUT2D eigenvalue weighted by Gasteiger charge is 2.25. The van der Waals surface area contributed by atoms with Crippen LogP contribution in [-0.4, -0.2) is 38.5 Å². The van der Waals surface area contributed by atoms with Crippen molar-refractivity contribution in [3.8, 4) is 0 Å². The van der Waals surface area contributed by atoms with E-state index in [1.165, 1.54) is 10.9 Å². The standard InChI is InChI=1S/C17H25N3O/c1-3-20-16-8-5-4-7-14(16)15(18-20)13-19-11-6-9-17(2,21)10-12-19/h4-5,7-8,21H,3,6,9-13H2,1-2H3. The molecular weight excluding hydrogens is 262 g/mol. The van der Waals surface area contributed by atoms with Crippen LogP contribution in [0.2, 0.25) is 0 Å². The van der Waals surface area contributed by atoms with E-state index in [0.29, 0.717) is 0 Å². The Hall–Kier alpha value is -1.39. The minimum atomic E-state index is -0.500. The summed E-state index contributed by atoms with van der Waals surface area (Å²) in [7, 11) is 0. The molecule has 0 spiro atoms. The van der Waals surface area contributed by atoms with Gasteiger partial charge in [0.2, 0.25) is 0 Å². The highest BCUT2D eigenvalue weighted by Crippen LogP contribution is 2.24. The van der Waals surface area contributed by atoms with Crippen molar-refractivity contribution >= 4 is 10.9 Å². The van der Waals surface area contributed by atoms with Crippen molar-refractivity contribution in [2.45, 2.75) is 51.8 Å². The molecule has 1 N–H and O–H groups in total. The zero-order chi connectivity index (χ0) is 14.9. The summed E-state index contributed by atoms with van der Waals surface area (Å²) in [5, 5.41) is 16.2. The zero-order valence-electron chi connectivity index (χ0n) is 13.0. The van der Waals surface area contributed by atoms with Crippen molar-refractivity contribution in [2.75, 3.05) is 13.1 Å². The van der Waals surface area contributed by atoms with Gasteiger partial charge in [-0.1, -0.05) is 18.2 Å². The Bertz CT molecular complexity index is 618. The summed E-state index contributed by atoms with van der Waals surface area (Å²) >= 11 is 0. The van der Waals surface area contributed by atoms with Crippen LogP contribution in [0.15, 0.2) is 24.3 Å². The molecule has 1 aromatic heterocycles. The fraction of sp³-hybridized carbons (Fsp3) is 0.588. The van der Waals surface area contributed by atoms with Crippen LogP contribution in [0.3, 0.4) is 0 Å². The Morgan fingerprint density at radius 3 is 2.86 bits per heavy atom. The van der Waals surface area contributed by atoms with Gasteiger partial charge in [-0.25, -0.2) is 0 Å². The lowest BCUT2D eigenvalue weighted by Gasteiger charge is -2.21.